The van der Waals surface area contributed by atoms with E-state index in [4.69, 9.17) is 5.73 Å². The minimum atomic E-state index is -1.03. The van der Waals surface area contributed by atoms with Crippen molar-refractivity contribution in [2.75, 3.05) is 11.5 Å². The summed E-state index contributed by atoms with van der Waals surface area (Å²) >= 11 is 3.39. The standard InChI is InChI=1S/C13H13BrN2OS/c14-12-9-11(15)1-2-13(12)18(17)8-5-10-3-6-16-7-4-10/h1-4,6-7,9H,5,8,15H2. The molecule has 0 fully saturated rings. The first-order chi connectivity index (χ1) is 8.66. The molecule has 5 heteroatoms. The monoisotopic (exact) mass is 324 g/mol. The topological polar surface area (TPSA) is 56.0 Å². The van der Waals surface area contributed by atoms with Crippen LogP contribution in [0, 0.1) is 0 Å². The molecule has 0 bridgehead atoms. The van der Waals surface area contributed by atoms with Gasteiger partial charge in [-0.15, -0.1) is 0 Å². The number of nitrogen functional groups attached to an aromatic ring is 1. The van der Waals surface area contributed by atoms with Crippen molar-refractivity contribution in [2.24, 2.45) is 0 Å². The molecule has 94 valence electrons. The van der Waals surface area contributed by atoms with Gasteiger partial charge in [0.1, 0.15) is 0 Å². The Hall–Kier alpha value is -1.20. The van der Waals surface area contributed by atoms with E-state index in [0.717, 1.165) is 21.4 Å². The Balaban J connectivity index is 2.04. The molecule has 0 radical (unpaired) electrons. The number of pyridine rings is 1. The van der Waals surface area contributed by atoms with Gasteiger partial charge >= 0.3 is 0 Å². The Morgan fingerprint density at radius 2 is 1.94 bits per heavy atom. The summed E-state index contributed by atoms with van der Waals surface area (Å²) in [5, 5.41) is 0. The van der Waals surface area contributed by atoms with Crippen molar-refractivity contribution in [1.82, 2.24) is 4.98 Å². The van der Waals surface area contributed by atoms with E-state index in [-0.39, 0.29) is 0 Å². The lowest BCUT2D eigenvalue weighted by Crippen LogP contribution is -2.03. The van der Waals surface area contributed by atoms with Gasteiger partial charge in [-0.3, -0.25) is 9.19 Å². The molecule has 2 rings (SSSR count). The van der Waals surface area contributed by atoms with Crippen LogP contribution in [0.5, 0.6) is 0 Å². The molecule has 0 saturated heterocycles. The van der Waals surface area contributed by atoms with Gasteiger partial charge in [-0.1, -0.05) is 0 Å². The number of hydrogen-bond donors (Lipinski definition) is 1. The largest absolute Gasteiger partial charge is 0.399 e. The van der Waals surface area contributed by atoms with Gasteiger partial charge in [0.25, 0.3) is 0 Å². The average Bonchev–Trinajstić information content (AvgIpc) is 2.37. The molecule has 0 spiro atoms. The Kier molecular flexibility index (Phi) is 4.49. The third kappa shape index (κ3) is 3.40. The van der Waals surface area contributed by atoms with Crippen LogP contribution in [0.1, 0.15) is 5.56 Å². The highest BCUT2D eigenvalue weighted by Gasteiger charge is 2.08. The van der Waals surface area contributed by atoms with Gasteiger partial charge in [-0.2, -0.15) is 0 Å². The summed E-state index contributed by atoms with van der Waals surface area (Å²) in [5.41, 5.74) is 7.46. The molecule has 0 aliphatic heterocycles. The van der Waals surface area contributed by atoms with E-state index in [1.165, 1.54) is 0 Å². The predicted molar refractivity (Wildman–Crippen MR) is 77.8 cm³/mol. The Morgan fingerprint density at radius 1 is 1.22 bits per heavy atom. The molecule has 0 saturated carbocycles. The van der Waals surface area contributed by atoms with Crippen LogP contribution in [0.4, 0.5) is 5.69 Å². The zero-order valence-corrected chi connectivity index (χ0v) is 12.1. The minimum Gasteiger partial charge on any atom is -0.399 e. The van der Waals surface area contributed by atoms with E-state index in [2.05, 4.69) is 20.9 Å². The van der Waals surface area contributed by atoms with Gasteiger partial charge < -0.3 is 5.73 Å². The summed E-state index contributed by atoms with van der Waals surface area (Å²) < 4.78 is 13.0. The van der Waals surface area contributed by atoms with E-state index < -0.39 is 10.8 Å². The molecule has 0 aliphatic rings. The van der Waals surface area contributed by atoms with Gasteiger partial charge in [0, 0.05) is 28.3 Å². The van der Waals surface area contributed by atoms with Gasteiger partial charge in [0.2, 0.25) is 0 Å². The molecular formula is C13H13BrN2OS. The summed E-state index contributed by atoms with van der Waals surface area (Å²) in [6.07, 6.45) is 4.26. The number of hydrogen-bond acceptors (Lipinski definition) is 3. The molecule has 18 heavy (non-hydrogen) atoms. The average molecular weight is 325 g/mol. The zero-order chi connectivity index (χ0) is 13.0. The fourth-order valence-electron chi connectivity index (χ4n) is 1.57. The maximum atomic E-state index is 12.2. The minimum absolute atomic E-state index is 0.590. The van der Waals surface area contributed by atoms with Gasteiger partial charge in [0.15, 0.2) is 0 Å². The van der Waals surface area contributed by atoms with Crippen LogP contribution in [0.3, 0.4) is 0 Å². The van der Waals surface area contributed by atoms with Gasteiger partial charge in [0.05, 0.1) is 15.7 Å². The Bertz CT molecular complexity index is 560. The number of halogens is 1. The van der Waals surface area contributed by atoms with Crippen molar-refractivity contribution in [3.05, 3.63) is 52.8 Å². The molecular weight excluding hydrogens is 312 g/mol. The number of aryl methyl sites for hydroxylation is 1. The number of anilines is 1. The normalized spacial score (nSPS) is 12.3. The molecule has 0 aliphatic carbocycles. The van der Waals surface area contributed by atoms with Crippen LogP contribution < -0.4 is 5.73 Å². The Labute approximate surface area is 117 Å². The third-order valence-corrected chi connectivity index (χ3v) is 4.87. The summed E-state index contributed by atoms with van der Waals surface area (Å²) in [6.45, 7) is 0. The second kappa shape index (κ2) is 6.11. The molecule has 2 aromatic rings. The number of benzene rings is 1. The van der Waals surface area contributed by atoms with Crippen LogP contribution in [-0.2, 0) is 17.2 Å². The quantitative estimate of drug-likeness (QED) is 0.880. The van der Waals surface area contributed by atoms with Crippen molar-refractivity contribution in [2.45, 2.75) is 11.3 Å². The van der Waals surface area contributed by atoms with Crippen LogP contribution in [0.2, 0.25) is 0 Å². The summed E-state index contributed by atoms with van der Waals surface area (Å²) in [7, 11) is -1.03. The first-order valence-electron chi connectivity index (χ1n) is 5.49. The second-order valence-corrected chi connectivity index (χ2v) is 6.24. The molecule has 1 aromatic carbocycles. The lowest BCUT2D eigenvalue weighted by Gasteiger charge is -2.06. The molecule has 0 amide bonds. The highest BCUT2D eigenvalue weighted by Crippen LogP contribution is 2.23. The lowest BCUT2D eigenvalue weighted by atomic mass is 10.2. The molecule has 3 nitrogen and oxygen atoms in total. The first-order valence-corrected chi connectivity index (χ1v) is 7.60. The van der Waals surface area contributed by atoms with E-state index in [1.54, 1.807) is 24.5 Å². The van der Waals surface area contributed by atoms with Gasteiger partial charge in [-0.05, 0) is 58.2 Å². The maximum Gasteiger partial charge on any atom is 0.0544 e. The Morgan fingerprint density at radius 3 is 2.61 bits per heavy atom. The number of rotatable bonds is 4. The number of nitrogens with zero attached hydrogens (tertiary/aromatic N) is 1. The van der Waals surface area contributed by atoms with Crippen molar-refractivity contribution in [3.8, 4) is 0 Å². The van der Waals surface area contributed by atoms with Crippen LogP contribution in [-0.4, -0.2) is 14.9 Å². The van der Waals surface area contributed by atoms with Crippen molar-refractivity contribution in [1.29, 1.82) is 0 Å². The summed E-state index contributed by atoms with van der Waals surface area (Å²) in [4.78, 5) is 4.75. The van der Waals surface area contributed by atoms with Crippen molar-refractivity contribution in [3.63, 3.8) is 0 Å². The molecule has 1 atom stereocenters. The van der Waals surface area contributed by atoms with E-state index in [9.17, 15) is 4.21 Å². The van der Waals surface area contributed by atoms with Crippen molar-refractivity contribution >= 4 is 32.4 Å². The second-order valence-electron chi connectivity index (χ2n) is 3.84. The smallest absolute Gasteiger partial charge is 0.0544 e. The third-order valence-electron chi connectivity index (χ3n) is 2.53. The highest BCUT2D eigenvalue weighted by molar-refractivity contribution is 9.10. The van der Waals surface area contributed by atoms with Crippen LogP contribution in [0.25, 0.3) is 0 Å². The molecule has 1 unspecified atom stereocenters. The van der Waals surface area contributed by atoms with E-state index in [1.807, 2.05) is 18.2 Å². The highest BCUT2D eigenvalue weighted by atomic mass is 79.9. The van der Waals surface area contributed by atoms with E-state index in [0.29, 0.717) is 11.4 Å². The fraction of sp³-hybridized carbons (Fsp3) is 0.154. The number of aromatic nitrogens is 1. The van der Waals surface area contributed by atoms with E-state index >= 15 is 0 Å². The summed E-state index contributed by atoms with van der Waals surface area (Å²) in [5.74, 6) is 0.590. The predicted octanol–water partition coefficient (Wildman–Crippen LogP) is 2.78. The molecule has 1 heterocycles. The summed E-state index contributed by atoms with van der Waals surface area (Å²) in [6, 6.07) is 9.23. The lowest BCUT2D eigenvalue weighted by molar-refractivity contribution is 0.682. The fourth-order valence-corrected chi connectivity index (χ4v) is 3.65. The van der Waals surface area contributed by atoms with Crippen molar-refractivity contribution < 1.29 is 4.21 Å². The molecule has 2 N–H and O–H groups in total. The van der Waals surface area contributed by atoms with Crippen LogP contribution >= 0.6 is 15.9 Å². The maximum absolute atomic E-state index is 12.2. The van der Waals surface area contributed by atoms with Gasteiger partial charge in [-0.25, -0.2) is 0 Å². The first kappa shape index (κ1) is 13.2. The van der Waals surface area contributed by atoms with Crippen LogP contribution in [0.15, 0.2) is 52.1 Å². The SMILES string of the molecule is Nc1ccc(S(=O)CCc2ccncc2)c(Br)c1. The number of nitrogens with two attached hydrogens (primary N) is 1. The zero-order valence-electron chi connectivity index (χ0n) is 9.67. The molecule has 1 aromatic heterocycles.